The van der Waals surface area contributed by atoms with Crippen LogP contribution >= 0.6 is 12.4 Å². The lowest BCUT2D eigenvalue weighted by Gasteiger charge is -2.36. The van der Waals surface area contributed by atoms with Gasteiger partial charge in [0.25, 0.3) is 0 Å². The van der Waals surface area contributed by atoms with Crippen molar-refractivity contribution < 1.29 is 13.2 Å². The maximum absolute atomic E-state index is 12.7. The Bertz CT molecular complexity index is 681. The number of carbonyl (C=O) groups is 1. The number of pyridine rings is 1. The van der Waals surface area contributed by atoms with Crippen LogP contribution in [0.15, 0.2) is 24.5 Å². The highest BCUT2D eigenvalue weighted by Gasteiger charge is 2.29. The van der Waals surface area contributed by atoms with Gasteiger partial charge in [-0.3, -0.25) is 9.78 Å². The van der Waals surface area contributed by atoms with Gasteiger partial charge in [0.15, 0.2) is 0 Å². The van der Waals surface area contributed by atoms with E-state index in [2.05, 4.69) is 10.3 Å². The number of hydrogen-bond acceptors (Lipinski definition) is 5. The predicted molar refractivity (Wildman–Crippen MR) is 103 cm³/mol. The molecule has 1 aromatic heterocycles. The minimum atomic E-state index is -3.21. The van der Waals surface area contributed by atoms with Crippen LogP contribution in [-0.2, 0) is 14.8 Å². The Kier molecular flexibility index (Phi) is 7.82. The zero-order valence-electron chi connectivity index (χ0n) is 14.8. The van der Waals surface area contributed by atoms with Gasteiger partial charge in [0.2, 0.25) is 15.9 Å². The van der Waals surface area contributed by atoms with Gasteiger partial charge >= 0.3 is 0 Å². The van der Waals surface area contributed by atoms with Crippen molar-refractivity contribution in [2.45, 2.75) is 31.7 Å². The zero-order valence-corrected chi connectivity index (χ0v) is 16.5. The summed E-state index contributed by atoms with van der Waals surface area (Å²) in [4.78, 5) is 18.7. The standard InChI is InChI=1S/C17H26N4O3S.ClH/c22-17(6-4-12-25(23,24)20-9-1-2-10-20)21-11-8-19-14-16(21)15-5-3-7-18-13-15;/h3,5,7,13,16,19H,1-2,4,6,8-12,14H2;1H. The smallest absolute Gasteiger partial charge is 0.223 e. The number of sulfonamides is 1. The van der Waals surface area contributed by atoms with Crippen molar-refractivity contribution in [3.8, 4) is 0 Å². The fraction of sp³-hybridized carbons (Fsp3) is 0.647. The molecule has 0 saturated carbocycles. The second-order valence-corrected chi connectivity index (χ2v) is 8.71. The van der Waals surface area contributed by atoms with Crippen molar-refractivity contribution in [2.75, 3.05) is 38.5 Å². The SMILES string of the molecule is Cl.O=C(CCCS(=O)(=O)N1CCCC1)N1CCNCC1c1cccnc1. The Balaban J connectivity index is 0.00000243. The number of nitrogens with one attached hydrogen (secondary N) is 1. The molecule has 3 rings (SSSR count). The molecule has 9 heteroatoms. The van der Waals surface area contributed by atoms with Gasteiger partial charge in [0.1, 0.15) is 0 Å². The Hall–Kier alpha value is -1.22. The number of hydrogen-bond donors (Lipinski definition) is 1. The number of aromatic nitrogens is 1. The number of carbonyl (C=O) groups excluding carboxylic acids is 1. The van der Waals surface area contributed by atoms with E-state index in [0.717, 1.165) is 24.9 Å². The third kappa shape index (κ3) is 5.16. The Labute approximate surface area is 161 Å². The Morgan fingerprint density at radius 1 is 1.27 bits per heavy atom. The van der Waals surface area contributed by atoms with Crippen LogP contribution in [0.4, 0.5) is 0 Å². The van der Waals surface area contributed by atoms with Crippen LogP contribution in [0.25, 0.3) is 0 Å². The first-order valence-corrected chi connectivity index (χ1v) is 10.6. The van der Waals surface area contributed by atoms with Gasteiger partial charge in [-0.2, -0.15) is 0 Å². The Morgan fingerprint density at radius 3 is 2.73 bits per heavy atom. The molecule has 1 aromatic rings. The predicted octanol–water partition coefficient (Wildman–Crippen LogP) is 1.18. The monoisotopic (exact) mass is 402 g/mol. The molecule has 0 bridgehead atoms. The summed E-state index contributed by atoms with van der Waals surface area (Å²) < 4.78 is 26.1. The molecule has 1 unspecified atom stereocenters. The zero-order chi connectivity index (χ0) is 17.7. The summed E-state index contributed by atoms with van der Waals surface area (Å²) in [5.41, 5.74) is 1.01. The molecule has 7 nitrogen and oxygen atoms in total. The molecule has 0 aliphatic carbocycles. The van der Waals surface area contributed by atoms with Gasteiger partial charge in [-0.05, 0) is 30.9 Å². The van der Waals surface area contributed by atoms with Gasteiger partial charge in [-0.25, -0.2) is 12.7 Å². The maximum atomic E-state index is 12.7. The topological polar surface area (TPSA) is 82.6 Å². The first-order chi connectivity index (χ1) is 12.1. The highest BCUT2D eigenvalue weighted by Crippen LogP contribution is 2.23. The van der Waals surface area contributed by atoms with Crippen LogP contribution in [0.2, 0.25) is 0 Å². The van der Waals surface area contributed by atoms with E-state index >= 15 is 0 Å². The lowest BCUT2D eigenvalue weighted by molar-refractivity contribution is -0.134. The van der Waals surface area contributed by atoms with Gasteiger partial charge in [0, 0.05) is 51.5 Å². The highest BCUT2D eigenvalue weighted by atomic mass is 35.5. The largest absolute Gasteiger partial charge is 0.333 e. The lowest BCUT2D eigenvalue weighted by atomic mass is 10.0. The Morgan fingerprint density at radius 2 is 2.04 bits per heavy atom. The van der Waals surface area contributed by atoms with Gasteiger partial charge in [0.05, 0.1) is 11.8 Å². The maximum Gasteiger partial charge on any atom is 0.223 e. The van der Waals surface area contributed by atoms with E-state index in [4.69, 9.17) is 0 Å². The number of rotatable bonds is 6. The number of halogens is 1. The summed E-state index contributed by atoms with van der Waals surface area (Å²) in [5, 5.41) is 3.31. The van der Waals surface area contributed by atoms with E-state index in [-0.39, 0.29) is 36.5 Å². The molecular weight excluding hydrogens is 376 g/mol. The first-order valence-electron chi connectivity index (χ1n) is 8.96. The van der Waals surface area contributed by atoms with Gasteiger partial charge < -0.3 is 10.2 Å². The van der Waals surface area contributed by atoms with Crippen molar-refractivity contribution in [3.63, 3.8) is 0 Å². The molecule has 2 aliphatic rings. The van der Waals surface area contributed by atoms with Crippen LogP contribution < -0.4 is 5.32 Å². The van der Waals surface area contributed by atoms with E-state index in [1.54, 1.807) is 16.7 Å². The molecule has 0 radical (unpaired) electrons. The van der Waals surface area contributed by atoms with Crippen LogP contribution in [-0.4, -0.2) is 67.0 Å². The summed E-state index contributed by atoms with van der Waals surface area (Å²) in [7, 11) is -3.21. The molecule has 2 saturated heterocycles. The summed E-state index contributed by atoms with van der Waals surface area (Å²) >= 11 is 0. The van der Waals surface area contributed by atoms with E-state index < -0.39 is 10.0 Å². The molecule has 1 N–H and O–H groups in total. The van der Waals surface area contributed by atoms with Crippen molar-refractivity contribution >= 4 is 28.3 Å². The quantitative estimate of drug-likeness (QED) is 0.772. The van der Waals surface area contributed by atoms with E-state index in [9.17, 15) is 13.2 Å². The second kappa shape index (κ2) is 9.64. The van der Waals surface area contributed by atoms with Crippen LogP contribution in [0, 0.1) is 0 Å². The van der Waals surface area contributed by atoms with E-state index in [1.165, 1.54) is 0 Å². The third-order valence-corrected chi connectivity index (χ3v) is 6.84. The average molecular weight is 403 g/mol. The minimum Gasteiger partial charge on any atom is -0.333 e. The summed E-state index contributed by atoms with van der Waals surface area (Å²) in [6.45, 7) is 3.34. The van der Waals surface area contributed by atoms with Crippen molar-refractivity contribution in [1.82, 2.24) is 19.5 Å². The lowest BCUT2D eigenvalue weighted by Crippen LogP contribution is -2.48. The molecule has 0 aromatic carbocycles. The first kappa shape index (κ1) is 21.1. The number of nitrogens with zero attached hydrogens (tertiary/aromatic N) is 3. The van der Waals surface area contributed by atoms with Crippen LogP contribution in [0.3, 0.4) is 0 Å². The molecule has 2 aliphatic heterocycles. The highest BCUT2D eigenvalue weighted by molar-refractivity contribution is 7.89. The summed E-state index contributed by atoms with van der Waals surface area (Å²) in [6, 6.07) is 3.81. The summed E-state index contributed by atoms with van der Waals surface area (Å²) in [5.74, 6) is 0.0783. The average Bonchev–Trinajstić information content (AvgIpc) is 3.18. The van der Waals surface area contributed by atoms with E-state index in [1.807, 2.05) is 17.0 Å². The second-order valence-electron chi connectivity index (χ2n) is 6.62. The van der Waals surface area contributed by atoms with Crippen molar-refractivity contribution in [2.24, 2.45) is 0 Å². The molecule has 2 fully saturated rings. The summed E-state index contributed by atoms with van der Waals surface area (Å²) in [6.07, 6.45) is 6.02. The molecular formula is C17H27ClN4O3S. The van der Waals surface area contributed by atoms with Gasteiger partial charge in [-0.15, -0.1) is 12.4 Å². The normalized spacial score (nSPS) is 21.4. The van der Waals surface area contributed by atoms with Crippen LogP contribution in [0.1, 0.15) is 37.3 Å². The van der Waals surface area contributed by atoms with Crippen molar-refractivity contribution in [3.05, 3.63) is 30.1 Å². The number of piperazine rings is 1. The van der Waals surface area contributed by atoms with Crippen LogP contribution in [0.5, 0.6) is 0 Å². The molecule has 1 amide bonds. The third-order valence-electron chi connectivity index (χ3n) is 4.88. The molecule has 26 heavy (non-hydrogen) atoms. The fourth-order valence-electron chi connectivity index (χ4n) is 3.52. The molecule has 0 spiro atoms. The van der Waals surface area contributed by atoms with Gasteiger partial charge in [-0.1, -0.05) is 6.07 Å². The van der Waals surface area contributed by atoms with E-state index in [0.29, 0.717) is 32.6 Å². The number of amides is 1. The fourth-order valence-corrected chi connectivity index (χ4v) is 5.10. The molecule has 1 atom stereocenters. The van der Waals surface area contributed by atoms with Crippen molar-refractivity contribution in [1.29, 1.82) is 0 Å². The molecule has 3 heterocycles. The molecule has 146 valence electrons. The minimum absolute atomic E-state index is 0.